The van der Waals surface area contributed by atoms with E-state index in [0.717, 1.165) is 5.56 Å². The molecule has 0 fully saturated rings. The highest BCUT2D eigenvalue weighted by Gasteiger charge is 2.20. The Morgan fingerprint density at radius 3 is 2.60 bits per heavy atom. The Morgan fingerprint density at radius 1 is 1.45 bits per heavy atom. The fraction of sp³-hybridized carbons (Fsp3) is 0.400. The number of rotatable bonds is 6. The number of halogens is 1. The molecule has 1 rings (SSSR count). The number of nitrogens with one attached hydrogen (secondary N) is 1. The van der Waals surface area contributed by atoms with Gasteiger partial charge in [-0.2, -0.15) is 11.8 Å². The van der Waals surface area contributed by atoms with Crippen LogP contribution in [-0.2, 0) is 4.79 Å². The summed E-state index contributed by atoms with van der Waals surface area (Å²) in [6, 6.07) is 7.26. The largest absolute Gasteiger partial charge is 0.387 e. The number of hydrogen-bond acceptors (Lipinski definition) is 3. The highest BCUT2D eigenvalue weighted by Crippen LogP contribution is 2.13. The van der Waals surface area contributed by atoms with Gasteiger partial charge in [-0.15, -0.1) is 0 Å². The van der Waals surface area contributed by atoms with Crippen molar-refractivity contribution in [3.05, 3.63) is 40.4 Å². The van der Waals surface area contributed by atoms with Crippen molar-refractivity contribution >= 4 is 35.3 Å². The second-order valence-corrected chi connectivity index (χ2v) is 6.29. The van der Waals surface area contributed by atoms with Crippen LogP contribution in [-0.4, -0.2) is 35.2 Å². The average Bonchev–Trinajstić information content (AvgIpc) is 2.38. The van der Waals surface area contributed by atoms with Crippen molar-refractivity contribution in [2.24, 2.45) is 0 Å². The van der Waals surface area contributed by atoms with Crippen LogP contribution in [0.3, 0.4) is 0 Å². The van der Waals surface area contributed by atoms with E-state index in [9.17, 15) is 9.90 Å². The Kier molecular flexibility index (Phi) is 6.59. The van der Waals surface area contributed by atoms with Gasteiger partial charge in [-0.05, 0) is 43.9 Å². The first-order valence-corrected chi connectivity index (χ1v) is 8.04. The lowest BCUT2D eigenvalue weighted by molar-refractivity contribution is -0.118. The maximum absolute atomic E-state index is 11.9. The molecule has 0 aromatic heterocycles. The second-order valence-electron chi connectivity index (χ2n) is 4.99. The van der Waals surface area contributed by atoms with E-state index in [-0.39, 0.29) is 12.5 Å². The summed E-state index contributed by atoms with van der Waals surface area (Å²) in [5, 5.41) is 13.4. The van der Waals surface area contributed by atoms with E-state index in [0.29, 0.717) is 16.3 Å². The molecule has 0 aliphatic carbocycles. The zero-order valence-electron chi connectivity index (χ0n) is 11.9. The minimum absolute atomic E-state index is 0.179. The summed E-state index contributed by atoms with van der Waals surface area (Å²) >= 11 is 7.35. The van der Waals surface area contributed by atoms with Crippen molar-refractivity contribution < 1.29 is 9.90 Å². The molecule has 0 saturated carbocycles. The molecule has 1 aromatic carbocycles. The maximum atomic E-state index is 11.9. The third-order valence-electron chi connectivity index (χ3n) is 2.70. The van der Waals surface area contributed by atoms with Gasteiger partial charge in [0.1, 0.15) is 0 Å². The fourth-order valence-corrected chi connectivity index (χ4v) is 2.50. The van der Waals surface area contributed by atoms with Crippen LogP contribution in [0.15, 0.2) is 29.8 Å². The van der Waals surface area contributed by atoms with Gasteiger partial charge in [-0.1, -0.05) is 23.7 Å². The molecule has 1 atom stereocenters. The summed E-state index contributed by atoms with van der Waals surface area (Å²) < 4.78 is 0. The molecule has 0 aliphatic heterocycles. The Bertz CT molecular complexity index is 483. The first-order valence-electron chi connectivity index (χ1n) is 6.27. The Balaban J connectivity index is 2.61. The molecule has 5 heteroatoms. The van der Waals surface area contributed by atoms with E-state index in [2.05, 4.69) is 5.32 Å². The minimum atomic E-state index is -0.893. The highest BCUT2D eigenvalue weighted by atomic mass is 35.5. The molecule has 20 heavy (non-hydrogen) atoms. The molecule has 110 valence electrons. The number of aliphatic hydroxyl groups is 1. The quantitative estimate of drug-likeness (QED) is 0.794. The van der Waals surface area contributed by atoms with Gasteiger partial charge in [0.2, 0.25) is 5.91 Å². The summed E-state index contributed by atoms with van der Waals surface area (Å²) in [5.41, 5.74) is 0.612. The molecule has 0 spiro atoms. The molecular weight excluding hydrogens is 294 g/mol. The molecular formula is C15H20ClNO2S. The van der Waals surface area contributed by atoms with Gasteiger partial charge in [0, 0.05) is 22.9 Å². The van der Waals surface area contributed by atoms with Gasteiger partial charge in [-0.3, -0.25) is 4.79 Å². The Labute approximate surface area is 129 Å². The molecule has 0 radical (unpaired) electrons. The Morgan fingerprint density at radius 2 is 2.05 bits per heavy atom. The monoisotopic (exact) mass is 313 g/mol. The topological polar surface area (TPSA) is 49.3 Å². The lowest BCUT2D eigenvalue weighted by Crippen LogP contribution is -2.42. The van der Waals surface area contributed by atoms with Crippen molar-refractivity contribution in [1.29, 1.82) is 0 Å². The van der Waals surface area contributed by atoms with Crippen LogP contribution in [0.1, 0.15) is 19.4 Å². The SMILES string of the molecule is CSCC(C)(O)CNC(=O)/C(C)=C/c1ccc(Cl)cc1. The summed E-state index contributed by atoms with van der Waals surface area (Å²) in [6.45, 7) is 3.69. The van der Waals surface area contributed by atoms with Crippen LogP contribution in [0, 0.1) is 0 Å². The van der Waals surface area contributed by atoms with Crippen LogP contribution in [0.25, 0.3) is 6.08 Å². The number of thioether (sulfide) groups is 1. The average molecular weight is 314 g/mol. The zero-order chi connectivity index (χ0) is 15.2. The van der Waals surface area contributed by atoms with Crippen LogP contribution in [0.5, 0.6) is 0 Å². The third-order valence-corrected chi connectivity index (χ3v) is 3.86. The molecule has 0 saturated heterocycles. The standard InChI is InChI=1S/C15H20ClNO2S/c1-11(8-12-4-6-13(16)7-5-12)14(18)17-9-15(2,19)10-20-3/h4-8,19H,9-10H2,1-3H3,(H,17,18)/b11-8+. The maximum Gasteiger partial charge on any atom is 0.247 e. The third kappa shape index (κ3) is 5.99. The van der Waals surface area contributed by atoms with Crippen molar-refractivity contribution in [2.45, 2.75) is 19.4 Å². The van der Waals surface area contributed by atoms with Gasteiger partial charge in [-0.25, -0.2) is 0 Å². The van der Waals surface area contributed by atoms with Crippen LogP contribution >= 0.6 is 23.4 Å². The van der Waals surface area contributed by atoms with Gasteiger partial charge in [0.05, 0.1) is 5.60 Å². The molecule has 2 N–H and O–H groups in total. The summed E-state index contributed by atoms with van der Waals surface area (Å²) in [6.07, 6.45) is 3.71. The minimum Gasteiger partial charge on any atom is -0.387 e. The number of hydrogen-bond donors (Lipinski definition) is 2. The van der Waals surface area contributed by atoms with Gasteiger partial charge < -0.3 is 10.4 Å². The van der Waals surface area contributed by atoms with Gasteiger partial charge >= 0.3 is 0 Å². The second kappa shape index (κ2) is 7.72. The predicted octanol–water partition coefficient (Wildman–Crippen LogP) is 2.97. The lowest BCUT2D eigenvalue weighted by atomic mass is 10.1. The summed E-state index contributed by atoms with van der Waals surface area (Å²) in [5.74, 6) is 0.397. The predicted molar refractivity (Wildman–Crippen MR) is 87.1 cm³/mol. The van der Waals surface area contributed by atoms with E-state index in [4.69, 9.17) is 11.6 Å². The molecule has 1 unspecified atom stereocenters. The summed E-state index contributed by atoms with van der Waals surface area (Å²) in [7, 11) is 0. The van der Waals surface area contributed by atoms with Crippen molar-refractivity contribution in [3.63, 3.8) is 0 Å². The van der Waals surface area contributed by atoms with Gasteiger partial charge in [0.15, 0.2) is 0 Å². The number of carbonyl (C=O) groups excluding carboxylic acids is 1. The van der Waals surface area contributed by atoms with E-state index < -0.39 is 5.60 Å². The number of amides is 1. The van der Waals surface area contributed by atoms with E-state index in [1.165, 1.54) is 0 Å². The molecule has 0 heterocycles. The smallest absolute Gasteiger partial charge is 0.247 e. The van der Waals surface area contributed by atoms with Crippen LogP contribution in [0.2, 0.25) is 5.02 Å². The lowest BCUT2D eigenvalue weighted by Gasteiger charge is -2.22. The van der Waals surface area contributed by atoms with E-state index >= 15 is 0 Å². The van der Waals surface area contributed by atoms with Crippen LogP contribution in [0.4, 0.5) is 0 Å². The van der Waals surface area contributed by atoms with Crippen molar-refractivity contribution in [1.82, 2.24) is 5.32 Å². The van der Waals surface area contributed by atoms with Crippen LogP contribution < -0.4 is 5.32 Å². The normalized spacial score (nSPS) is 14.8. The molecule has 3 nitrogen and oxygen atoms in total. The highest BCUT2D eigenvalue weighted by molar-refractivity contribution is 7.98. The number of benzene rings is 1. The Hall–Kier alpha value is -0.970. The first-order chi connectivity index (χ1) is 9.34. The van der Waals surface area contributed by atoms with E-state index in [1.54, 1.807) is 43.8 Å². The molecule has 0 bridgehead atoms. The fourth-order valence-electron chi connectivity index (χ4n) is 1.65. The van der Waals surface area contributed by atoms with Crippen molar-refractivity contribution in [2.75, 3.05) is 18.6 Å². The molecule has 1 aromatic rings. The van der Waals surface area contributed by atoms with Crippen molar-refractivity contribution in [3.8, 4) is 0 Å². The zero-order valence-corrected chi connectivity index (χ0v) is 13.5. The van der Waals surface area contributed by atoms with Gasteiger partial charge in [0.25, 0.3) is 0 Å². The summed E-state index contributed by atoms with van der Waals surface area (Å²) in [4.78, 5) is 11.9. The molecule has 0 aliphatic rings. The number of carbonyl (C=O) groups is 1. The molecule has 1 amide bonds. The first kappa shape index (κ1) is 17.1. The van der Waals surface area contributed by atoms with E-state index in [1.807, 2.05) is 18.4 Å².